The van der Waals surface area contributed by atoms with E-state index in [0.29, 0.717) is 29.9 Å². The minimum Gasteiger partial charge on any atom is -0.389 e. The van der Waals surface area contributed by atoms with Crippen LogP contribution in [0.15, 0.2) is 6.20 Å². The summed E-state index contributed by atoms with van der Waals surface area (Å²) in [5.74, 6) is 0. The van der Waals surface area contributed by atoms with Crippen molar-refractivity contribution < 1.29 is 10.0 Å². The monoisotopic (exact) mass is 293 g/mol. The summed E-state index contributed by atoms with van der Waals surface area (Å²) in [6.07, 6.45) is 5.35. The Bertz CT molecular complexity index is 539. The van der Waals surface area contributed by atoms with Crippen molar-refractivity contribution in [1.82, 2.24) is 9.88 Å². The van der Waals surface area contributed by atoms with Gasteiger partial charge in [0.2, 0.25) is 0 Å². The molecule has 1 saturated carbocycles. The summed E-state index contributed by atoms with van der Waals surface area (Å²) >= 11 is 0. The zero-order valence-electron chi connectivity index (χ0n) is 12.9. The van der Waals surface area contributed by atoms with E-state index in [1.807, 2.05) is 11.9 Å². The van der Waals surface area contributed by atoms with Crippen LogP contribution in [0.2, 0.25) is 0 Å². The van der Waals surface area contributed by atoms with Crippen molar-refractivity contribution in [2.45, 2.75) is 51.7 Å². The zero-order valence-corrected chi connectivity index (χ0v) is 12.9. The smallest absolute Gasteiger partial charge is 0.278 e. The molecular weight excluding hydrogens is 270 g/mol. The van der Waals surface area contributed by atoms with E-state index in [-0.39, 0.29) is 10.6 Å². The molecule has 0 bridgehead atoms. The number of nitro groups is 1. The van der Waals surface area contributed by atoms with Crippen LogP contribution in [0.4, 0.5) is 5.69 Å². The van der Waals surface area contributed by atoms with Crippen LogP contribution in [0, 0.1) is 24.0 Å². The number of aliphatic hydroxyl groups is 1. The lowest BCUT2D eigenvalue weighted by Gasteiger charge is -2.28. The van der Waals surface area contributed by atoms with E-state index < -0.39 is 5.60 Å². The lowest BCUT2D eigenvalue weighted by molar-refractivity contribution is -0.386. The molecule has 1 aliphatic rings. The van der Waals surface area contributed by atoms with Gasteiger partial charge in [-0.1, -0.05) is 12.8 Å². The average molecular weight is 293 g/mol. The Balaban J connectivity index is 2.12. The number of likely N-dealkylation sites (N-methyl/N-ethyl adjacent to an activating group) is 1. The fraction of sp³-hybridized carbons (Fsp3) is 0.667. The highest BCUT2D eigenvalue weighted by Gasteiger charge is 2.32. The molecule has 0 unspecified atom stereocenters. The maximum atomic E-state index is 11.1. The van der Waals surface area contributed by atoms with Crippen LogP contribution in [0.5, 0.6) is 0 Å². The van der Waals surface area contributed by atoms with E-state index in [1.165, 1.54) is 0 Å². The third-order valence-corrected chi connectivity index (χ3v) is 4.28. The molecule has 1 heterocycles. The van der Waals surface area contributed by atoms with Crippen molar-refractivity contribution in [1.29, 1.82) is 0 Å². The summed E-state index contributed by atoms with van der Waals surface area (Å²) in [6, 6.07) is 0. The number of hydrogen-bond acceptors (Lipinski definition) is 5. The molecule has 116 valence electrons. The Labute approximate surface area is 125 Å². The second-order valence-corrected chi connectivity index (χ2v) is 6.22. The van der Waals surface area contributed by atoms with Crippen molar-refractivity contribution in [3.8, 4) is 0 Å². The van der Waals surface area contributed by atoms with Gasteiger partial charge >= 0.3 is 0 Å². The highest BCUT2D eigenvalue weighted by molar-refractivity contribution is 5.47. The van der Waals surface area contributed by atoms with E-state index in [9.17, 15) is 15.2 Å². The third-order valence-electron chi connectivity index (χ3n) is 4.28. The van der Waals surface area contributed by atoms with Gasteiger partial charge < -0.3 is 5.11 Å². The molecule has 1 aromatic rings. The van der Waals surface area contributed by atoms with Crippen LogP contribution in [0.25, 0.3) is 0 Å². The summed E-state index contributed by atoms with van der Waals surface area (Å²) < 4.78 is 0. The first-order valence-corrected chi connectivity index (χ1v) is 7.33. The van der Waals surface area contributed by atoms with Crippen LogP contribution in [-0.4, -0.2) is 39.1 Å². The molecule has 1 fully saturated rings. The topological polar surface area (TPSA) is 79.5 Å². The highest BCUT2D eigenvalue weighted by atomic mass is 16.6. The molecule has 0 aliphatic heterocycles. The molecule has 6 nitrogen and oxygen atoms in total. The van der Waals surface area contributed by atoms with E-state index in [0.717, 1.165) is 25.7 Å². The summed E-state index contributed by atoms with van der Waals surface area (Å²) in [4.78, 5) is 17.1. The average Bonchev–Trinajstić information content (AvgIpc) is 2.79. The highest BCUT2D eigenvalue weighted by Crippen LogP contribution is 2.30. The first-order valence-electron chi connectivity index (χ1n) is 7.33. The number of pyridine rings is 1. The molecule has 1 aliphatic carbocycles. The molecule has 0 aromatic carbocycles. The molecule has 21 heavy (non-hydrogen) atoms. The molecule has 0 atom stereocenters. The van der Waals surface area contributed by atoms with Crippen molar-refractivity contribution in [3.05, 3.63) is 33.1 Å². The SMILES string of the molecule is Cc1cnc(CN(C)CC2(O)CCCC2)c(C)c1[N+](=O)[O-]. The van der Waals surface area contributed by atoms with E-state index in [2.05, 4.69) is 4.98 Å². The van der Waals surface area contributed by atoms with Crippen molar-refractivity contribution in [3.63, 3.8) is 0 Å². The molecule has 1 N–H and O–H groups in total. The normalized spacial score (nSPS) is 17.4. The second kappa shape index (κ2) is 6.07. The maximum absolute atomic E-state index is 11.1. The fourth-order valence-electron chi connectivity index (χ4n) is 3.21. The van der Waals surface area contributed by atoms with Crippen LogP contribution in [0.3, 0.4) is 0 Å². The van der Waals surface area contributed by atoms with Crippen LogP contribution >= 0.6 is 0 Å². The van der Waals surface area contributed by atoms with Crippen LogP contribution in [-0.2, 0) is 6.54 Å². The van der Waals surface area contributed by atoms with E-state index in [4.69, 9.17) is 0 Å². The first kappa shape index (κ1) is 15.9. The van der Waals surface area contributed by atoms with Gasteiger partial charge in [0.25, 0.3) is 5.69 Å². The van der Waals surface area contributed by atoms with Gasteiger partial charge in [-0.25, -0.2) is 0 Å². The minimum atomic E-state index is -0.612. The number of nitrogens with zero attached hydrogens (tertiary/aromatic N) is 3. The standard InChI is InChI=1S/C15H23N3O3/c1-11-8-16-13(12(2)14(11)18(20)21)9-17(3)10-15(19)6-4-5-7-15/h8,19H,4-7,9-10H2,1-3H3. The molecule has 0 radical (unpaired) electrons. The minimum absolute atomic E-state index is 0.146. The second-order valence-electron chi connectivity index (χ2n) is 6.22. The predicted octanol–water partition coefficient (Wildman–Crippen LogP) is 2.34. The van der Waals surface area contributed by atoms with Crippen LogP contribution < -0.4 is 0 Å². The van der Waals surface area contributed by atoms with Crippen LogP contribution in [0.1, 0.15) is 42.5 Å². The van der Waals surface area contributed by atoms with Gasteiger partial charge in [0.1, 0.15) is 0 Å². The molecule has 0 saturated heterocycles. The Morgan fingerprint density at radius 3 is 2.62 bits per heavy atom. The molecule has 0 spiro atoms. The van der Waals surface area contributed by atoms with Gasteiger partial charge in [0, 0.05) is 30.4 Å². The van der Waals surface area contributed by atoms with E-state index in [1.54, 1.807) is 20.0 Å². The zero-order chi connectivity index (χ0) is 15.6. The van der Waals surface area contributed by atoms with Crippen molar-refractivity contribution in [2.75, 3.05) is 13.6 Å². The van der Waals surface area contributed by atoms with Gasteiger partial charge in [-0.3, -0.25) is 20.0 Å². The number of hydrogen-bond donors (Lipinski definition) is 1. The quantitative estimate of drug-likeness (QED) is 0.666. The Morgan fingerprint density at radius 1 is 1.43 bits per heavy atom. The summed E-state index contributed by atoms with van der Waals surface area (Å²) in [6.45, 7) is 4.53. The fourth-order valence-corrected chi connectivity index (χ4v) is 3.21. The summed E-state index contributed by atoms with van der Waals surface area (Å²) in [5.41, 5.74) is 1.44. The molecule has 0 amide bonds. The van der Waals surface area contributed by atoms with Gasteiger partial charge in [-0.15, -0.1) is 0 Å². The number of rotatable bonds is 5. The number of aryl methyl sites for hydroxylation is 1. The van der Waals surface area contributed by atoms with Gasteiger partial charge in [-0.05, 0) is 33.7 Å². The van der Waals surface area contributed by atoms with E-state index >= 15 is 0 Å². The predicted molar refractivity (Wildman–Crippen MR) is 80.1 cm³/mol. The summed E-state index contributed by atoms with van der Waals surface area (Å²) in [5, 5.41) is 21.6. The Kier molecular flexibility index (Phi) is 4.58. The summed E-state index contributed by atoms with van der Waals surface area (Å²) in [7, 11) is 1.92. The molecule has 6 heteroatoms. The number of aromatic nitrogens is 1. The Morgan fingerprint density at radius 2 is 2.05 bits per heavy atom. The molecule has 2 rings (SSSR count). The Hall–Kier alpha value is -1.53. The van der Waals surface area contributed by atoms with Crippen molar-refractivity contribution in [2.24, 2.45) is 0 Å². The molecular formula is C15H23N3O3. The maximum Gasteiger partial charge on any atom is 0.278 e. The lowest BCUT2D eigenvalue weighted by atomic mass is 10.0. The largest absolute Gasteiger partial charge is 0.389 e. The third kappa shape index (κ3) is 3.57. The first-order chi connectivity index (χ1) is 9.82. The van der Waals surface area contributed by atoms with Gasteiger partial charge in [0.15, 0.2) is 0 Å². The van der Waals surface area contributed by atoms with Gasteiger partial charge in [-0.2, -0.15) is 0 Å². The lowest BCUT2D eigenvalue weighted by Crippen LogP contribution is -2.39. The van der Waals surface area contributed by atoms with Crippen molar-refractivity contribution >= 4 is 5.69 Å². The van der Waals surface area contributed by atoms with Gasteiger partial charge in [0.05, 0.1) is 16.2 Å². The molecule has 1 aromatic heterocycles.